The maximum Gasteiger partial charge on any atom is 0.0974 e. The standard InChI is InChI=1S/C22H28ClNO2/c1-3-22(25,19-8-4-17(2)5-9-19)21(16-24-12-14-26-15-13-24)18-6-10-20(23)11-7-18/h4-11,21,25H,3,12-16H2,1-2H3. The van der Waals surface area contributed by atoms with Gasteiger partial charge in [0, 0.05) is 30.6 Å². The Labute approximate surface area is 161 Å². The van der Waals surface area contributed by atoms with E-state index in [1.54, 1.807) is 0 Å². The molecule has 2 aromatic carbocycles. The Balaban J connectivity index is 1.98. The van der Waals surface area contributed by atoms with Crippen molar-refractivity contribution in [3.05, 3.63) is 70.2 Å². The van der Waals surface area contributed by atoms with E-state index in [2.05, 4.69) is 43.0 Å². The summed E-state index contributed by atoms with van der Waals surface area (Å²) in [5.41, 5.74) is 2.35. The topological polar surface area (TPSA) is 32.7 Å². The molecule has 4 heteroatoms. The fraction of sp³-hybridized carbons (Fsp3) is 0.455. The van der Waals surface area contributed by atoms with Gasteiger partial charge in [0.25, 0.3) is 0 Å². The Bertz CT molecular complexity index is 695. The minimum absolute atomic E-state index is 0.0365. The van der Waals surface area contributed by atoms with Gasteiger partial charge in [-0.3, -0.25) is 4.90 Å². The zero-order valence-corrected chi connectivity index (χ0v) is 16.4. The first-order valence-corrected chi connectivity index (χ1v) is 9.76. The van der Waals surface area contributed by atoms with Crippen LogP contribution >= 0.6 is 11.6 Å². The Hall–Kier alpha value is -1.39. The first-order valence-electron chi connectivity index (χ1n) is 9.38. The normalized spacial score (nSPS) is 19.1. The summed E-state index contributed by atoms with van der Waals surface area (Å²) in [6.07, 6.45) is 0.647. The number of hydrogen-bond donors (Lipinski definition) is 1. The third-order valence-corrected chi connectivity index (χ3v) is 5.74. The van der Waals surface area contributed by atoms with Crippen LogP contribution in [0.4, 0.5) is 0 Å². The van der Waals surface area contributed by atoms with Crippen LogP contribution in [0.15, 0.2) is 48.5 Å². The highest BCUT2D eigenvalue weighted by Gasteiger charge is 2.39. The van der Waals surface area contributed by atoms with Crippen LogP contribution in [0.2, 0.25) is 5.02 Å². The van der Waals surface area contributed by atoms with Crippen molar-refractivity contribution < 1.29 is 9.84 Å². The first-order chi connectivity index (χ1) is 12.5. The summed E-state index contributed by atoms with van der Waals surface area (Å²) in [5.74, 6) is -0.0365. The van der Waals surface area contributed by atoms with E-state index in [4.69, 9.17) is 16.3 Å². The Kier molecular flexibility index (Phi) is 6.36. The lowest BCUT2D eigenvalue weighted by atomic mass is 9.75. The molecule has 0 saturated carbocycles. The maximum absolute atomic E-state index is 11.8. The molecule has 2 aromatic rings. The average Bonchev–Trinajstić information content (AvgIpc) is 2.68. The fourth-order valence-corrected chi connectivity index (χ4v) is 3.89. The van der Waals surface area contributed by atoms with Gasteiger partial charge in [0.15, 0.2) is 0 Å². The molecule has 1 fully saturated rings. The molecular weight excluding hydrogens is 346 g/mol. The zero-order chi connectivity index (χ0) is 18.6. The highest BCUT2D eigenvalue weighted by molar-refractivity contribution is 6.30. The molecule has 1 aliphatic rings. The number of aryl methyl sites for hydroxylation is 1. The highest BCUT2D eigenvalue weighted by Crippen LogP contribution is 2.41. The van der Waals surface area contributed by atoms with Crippen molar-refractivity contribution in [3.63, 3.8) is 0 Å². The smallest absolute Gasteiger partial charge is 0.0974 e. The number of hydrogen-bond acceptors (Lipinski definition) is 3. The number of benzene rings is 2. The van der Waals surface area contributed by atoms with Gasteiger partial charge in [0.2, 0.25) is 0 Å². The van der Waals surface area contributed by atoms with E-state index < -0.39 is 5.60 Å². The van der Waals surface area contributed by atoms with Crippen LogP contribution in [0.3, 0.4) is 0 Å². The lowest BCUT2D eigenvalue weighted by molar-refractivity contribution is -0.0250. The number of nitrogens with zero attached hydrogens (tertiary/aromatic N) is 1. The third-order valence-electron chi connectivity index (χ3n) is 5.48. The van der Waals surface area contributed by atoms with Crippen LogP contribution in [0.25, 0.3) is 0 Å². The van der Waals surface area contributed by atoms with Gasteiger partial charge < -0.3 is 9.84 Å². The second-order valence-electron chi connectivity index (χ2n) is 7.16. The minimum atomic E-state index is -0.931. The van der Waals surface area contributed by atoms with Crippen molar-refractivity contribution in [1.29, 1.82) is 0 Å². The van der Waals surface area contributed by atoms with Crippen LogP contribution in [0.5, 0.6) is 0 Å². The molecule has 0 radical (unpaired) electrons. The minimum Gasteiger partial charge on any atom is -0.384 e. The van der Waals surface area contributed by atoms with Gasteiger partial charge in [-0.25, -0.2) is 0 Å². The summed E-state index contributed by atoms with van der Waals surface area (Å²) >= 11 is 6.10. The van der Waals surface area contributed by atoms with Crippen molar-refractivity contribution in [2.45, 2.75) is 31.8 Å². The second-order valence-corrected chi connectivity index (χ2v) is 7.60. The summed E-state index contributed by atoms with van der Waals surface area (Å²) in [7, 11) is 0. The van der Waals surface area contributed by atoms with E-state index in [1.165, 1.54) is 5.56 Å². The lowest BCUT2D eigenvalue weighted by Gasteiger charge is -2.40. The molecule has 1 N–H and O–H groups in total. The van der Waals surface area contributed by atoms with Crippen molar-refractivity contribution in [2.75, 3.05) is 32.8 Å². The maximum atomic E-state index is 11.8. The van der Waals surface area contributed by atoms with E-state index in [1.807, 2.05) is 24.3 Å². The Morgan fingerprint density at radius 1 is 1.08 bits per heavy atom. The first kappa shape index (κ1) is 19.4. The third kappa shape index (κ3) is 4.29. The summed E-state index contributed by atoms with van der Waals surface area (Å²) in [5, 5.41) is 12.5. The van der Waals surface area contributed by atoms with E-state index in [0.717, 1.165) is 44.0 Å². The largest absolute Gasteiger partial charge is 0.384 e. The van der Waals surface area contributed by atoms with Gasteiger partial charge in [0.1, 0.15) is 0 Å². The van der Waals surface area contributed by atoms with Crippen molar-refractivity contribution in [1.82, 2.24) is 4.90 Å². The van der Waals surface area contributed by atoms with Gasteiger partial charge in [-0.05, 0) is 36.6 Å². The summed E-state index contributed by atoms with van der Waals surface area (Å²) < 4.78 is 5.49. The quantitative estimate of drug-likeness (QED) is 0.816. The van der Waals surface area contributed by atoms with Crippen LogP contribution in [-0.4, -0.2) is 42.9 Å². The summed E-state index contributed by atoms with van der Waals surface area (Å²) in [6.45, 7) is 8.23. The molecule has 2 unspecified atom stereocenters. The number of rotatable bonds is 6. The summed E-state index contributed by atoms with van der Waals surface area (Å²) in [4.78, 5) is 2.39. The molecule has 1 heterocycles. The Morgan fingerprint density at radius 3 is 2.27 bits per heavy atom. The molecule has 2 atom stereocenters. The van der Waals surface area contributed by atoms with Crippen molar-refractivity contribution >= 4 is 11.6 Å². The molecule has 3 rings (SSSR count). The predicted octanol–water partition coefficient (Wildman–Crippen LogP) is 4.36. The van der Waals surface area contributed by atoms with Crippen LogP contribution in [0, 0.1) is 6.92 Å². The van der Waals surface area contributed by atoms with E-state index in [0.29, 0.717) is 11.4 Å². The van der Waals surface area contributed by atoms with Crippen LogP contribution in [0.1, 0.15) is 36.0 Å². The molecule has 0 aromatic heterocycles. The summed E-state index contributed by atoms with van der Waals surface area (Å²) in [6, 6.07) is 16.2. The SMILES string of the molecule is CCC(O)(c1ccc(C)cc1)C(CN1CCOCC1)c1ccc(Cl)cc1. The molecule has 0 spiro atoms. The molecule has 0 aliphatic carbocycles. The molecule has 0 amide bonds. The highest BCUT2D eigenvalue weighted by atomic mass is 35.5. The van der Waals surface area contributed by atoms with Gasteiger partial charge in [-0.15, -0.1) is 0 Å². The second kappa shape index (κ2) is 8.53. The van der Waals surface area contributed by atoms with Gasteiger partial charge in [-0.1, -0.05) is 60.5 Å². The predicted molar refractivity (Wildman–Crippen MR) is 107 cm³/mol. The van der Waals surface area contributed by atoms with Crippen molar-refractivity contribution in [2.24, 2.45) is 0 Å². The van der Waals surface area contributed by atoms with Gasteiger partial charge in [0.05, 0.1) is 18.8 Å². The Morgan fingerprint density at radius 2 is 1.69 bits per heavy atom. The molecule has 1 aliphatic heterocycles. The monoisotopic (exact) mass is 373 g/mol. The van der Waals surface area contributed by atoms with Crippen molar-refractivity contribution in [3.8, 4) is 0 Å². The van der Waals surface area contributed by atoms with E-state index in [-0.39, 0.29) is 5.92 Å². The lowest BCUT2D eigenvalue weighted by Crippen LogP contribution is -2.44. The number of ether oxygens (including phenoxy) is 1. The van der Waals surface area contributed by atoms with Crippen LogP contribution in [-0.2, 0) is 10.3 Å². The van der Waals surface area contributed by atoms with E-state index >= 15 is 0 Å². The molecule has 140 valence electrons. The zero-order valence-electron chi connectivity index (χ0n) is 15.6. The van der Waals surface area contributed by atoms with E-state index in [9.17, 15) is 5.11 Å². The molecular formula is C22H28ClNO2. The molecule has 1 saturated heterocycles. The number of morpholine rings is 1. The van der Waals surface area contributed by atoms with Crippen LogP contribution < -0.4 is 0 Å². The molecule has 0 bridgehead atoms. The van der Waals surface area contributed by atoms with Gasteiger partial charge in [-0.2, -0.15) is 0 Å². The average molecular weight is 374 g/mol. The van der Waals surface area contributed by atoms with Gasteiger partial charge >= 0.3 is 0 Å². The number of aliphatic hydroxyl groups is 1. The number of halogens is 1. The molecule has 3 nitrogen and oxygen atoms in total. The molecule has 26 heavy (non-hydrogen) atoms. The fourth-order valence-electron chi connectivity index (χ4n) is 3.76.